The van der Waals surface area contributed by atoms with Crippen molar-refractivity contribution in [2.24, 2.45) is 5.41 Å². The fraction of sp³-hybridized carbons (Fsp3) is 0.429. The summed E-state index contributed by atoms with van der Waals surface area (Å²) < 4.78 is 24.3. The predicted molar refractivity (Wildman–Crippen MR) is 109 cm³/mol. The number of amides is 1. The zero-order chi connectivity index (χ0) is 20.6. The summed E-state index contributed by atoms with van der Waals surface area (Å²) >= 11 is 7.27. The van der Waals surface area contributed by atoms with E-state index < -0.39 is 5.82 Å². The van der Waals surface area contributed by atoms with E-state index >= 15 is 0 Å². The van der Waals surface area contributed by atoms with Gasteiger partial charge in [-0.05, 0) is 55.2 Å². The van der Waals surface area contributed by atoms with Crippen LogP contribution in [0, 0.1) is 11.2 Å². The molecule has 0 saturated heterocycles. The fourth-order valence-corrected chi connectivity index (χ4v) is 5.10. The van der Waals surface area contributed by atoms with Crippen LogP contribution in [0.2, 0.25) is 5.02 Å². The van der Waals surface area contributed by atoms with Crippen LogP contribution in [0.3, 0.4) is 0 Å². The second-order valence-electron chi connectivity index (χ2n) is 8.02. The topological polar surface area (TPSA) is 68.5 Å². The average Bonchev–Trinajstić information content (AvgIpc) is 3.09. The van der Waals surface area contributed by atoms with E-state index in [0.29, 0.717) is 12.2 Å². The maximum absolute atomic E-state index is 13.4. The SMILES string of the molecule is CSCc1ccc(C(=O)CC23CC(NC(=O)COc4ccc(Cl)c(F)c4)(C2)C3)o1. The number of carbonyl (C=O) groups is 2. The van der Waals surface area contributed by atoms with Crippen LogP contribution in [0.1, 0.15) is 42.0 Å². The van der Waals surface area contributed by atoms with Gasteiger partial charge in [-0.3, -0.25) is 9.59 Å². The Hall–Kier alpha value is -1.99. The number of ether oxygens (including phenoxy) is 1. The van der Waals surface area contributed by atoms with Gasteiger partial charge < -0.3 is 14.5 Å². The quantitative estimate of drug-likeness (QED) is 0.579. The van der Waals surface area contributed by atoms with Gasteiger partial charge in [-0.25, -0.2) is 4.39 Å². The van der Waals surface area contributed by atoms with Gasteiger partial charge in [0.1, 0.15) is 17.3 Å². The molecule has 3 saturated carbocycles. The molecule has 1 amide bonds. The molecule has 3 aliphatic carbocycles. The summed E-state index contributed by atoms with van der Waals surface area (Å²) in [6.07, 6.45) is 4.78. The Morgan fingerprint density at radius 2 is 2.03 bits per heavy atom. The number of rotatable bonds is 9. The van der Waals surface area contributed by atoms with Gasteiger partial charge in [0.2, 0.25) is 0 Å². The van der Waals surface area contributed by atoms with Gasteiger partial charge in [0.15, 0.2) is 18.2 Å². The van der Waals surface area contributed by atoms with Crippen molar-refractivity contribution in [3.63, 3.8) is 0 Å². The highest BCUT2D eigenvalue weighted by atomic mass is 35.5. The molecule has 1 N–H and O–H groups in total. The molecule has 1 aromatic carbocycles. The minimum atomic E-state index is -0.590. The smallest absolute Gasteiger partial charge is 0.258 e. The minimum Gasteiger partial charge on any atom is -0.484 e. The van der Waals surface area contributed by atoms with Gasteiger partial charge >= 0.3 is 0 Å². The summed E-state index contributed by atoms with van der Waals surface area (Å²) in [5.41, 5.74) is -0.268. The van der Waals surface area contributed by atoms with Crippen LogP contribution in [0.25, 0.3) is 0 Å². The number of carbonyl (C=O) groups excluding carboxylic acids is 2. The summed E-state index contributed by atoms with van der Waals surface area (Å²) in [5, 5.41) is 3.00. The Labute approximate surface area is 177 Å². The van der Waals surface area contributed by atoms with Crippen molar-refractivity contribution >= 4 is 35.1 Å². The Kier molecular flexibility index (Phi) is 5.38. The second-order valence-corrected chi connectivity index (χ2v) is 9.30. The summed E-state index contributed by atoms with van der Waals surface area (Å²) in [7, 11) is 0. The number of halogens is 2. The molecule has 0 unspecified atom stereocenters. The molecule has 0 spiro atoms. The number of benzene rings is 1. The molecule has 0 radical (unpaired) electrons. The summed E-state index contributed by atoms with van der Waals surface area (Å²) in [6, 6.07) is 7.64. The highest BCUT2D eigenvalue weighted by Gasteiger charge is 2.68. The lowest BCUT2D eigenvalue weighted by Crippen LogP contribution is -2.75. The number of hydrogen-bond donors (Lipinski definition) is 1. The second kappa shape index (κ2) is 7.69. The number of thioether (sulfide) groups is 1. The van der Waals surface area contributed by atoms with Crippen molar-refractivity contribution in [2.75, 3.05) is 12.9 Å². The highest BCUT2D eigenvalue weighted by Crippen LogP contribution is 2.69. The zero-order valence-corrected chi connectivity index (χ0v) is 17.5. The lowest BCUT2D eigenvalue weighted by molar-refractivity contribution is -0.164. The summed E-state index contributed by atoms with van der Waals surface area (Å²) in [5.74, 6) is 1.40. The van der Waals surface area contributed by atoms with E-state index in [4.69, 9.17) is 20.8 Å². The molecule has 3 fully saturated rings. The number of ketones is 1. The average molecular weight is 438 g/mol. The van der Waals surface area contributed by atoms with Gasteiger partial charge in [-0.2, -0.15) is 11.8 Å². The first kappa shape index (κ1) is 20.3. The molecule has 29 heavy (non-hydrogen) atoms. The van der Waals surface area contributed by atoms with Gasteiger partial charge in [-0.1, -0.05) is 11.6 Å². The molecule has 8 heteroatoms. The standard InChI is InChI=1S/C21H21ClFNO4S/c1-29-9-14-3-5-18(28-14)17(25)7-20-10-21(11-20,12-20)24-19(26)8-27-13-2-4-15(22)16(23)6-13/h2-6H,7-12H2,1H3,(H,24,26). The summed E-state index contributed by atoms with van der Waals surface area (Å²) in [4.78, 5) is 24.7. The van der Waals surface area contributed by atoms with Crippen molar-refractivity contribution in [1.29, 1.82) is 0 Å². The molecule has 2 aromatic rings. The van der Waals surface area contributed by atoms with Crippen molar-refractivity contribution in [3.05, 3.63) is 52.7 Å². The van der Waals surface area contributed by atoms with Gasteiger partial charge in [-0.15, -0.1) is 0 Å². The monoisotopic (exact) mass is 437 g/mol. The third-order valence-corrected chi connectivity index (χ3v) is 6.44. The van der Waals surface area contributed by atoms with Gasteiger partial charge in [0, 0.05) is 18.0 Å². The van der Waals surface area contributed by atoms with E-state index in [0.717, 1.165) is 36.8 Å². The van der Waals surface area contributed by atoms with Crippen molar-refractivity contribution in [3.8, 4) is 5.75 Å². The fourth-order valence-electron chi connectivity index (χ4n) is 4.54. The molecule has 1 heterocycles. The maximum atomic E-state index is 13.4. The van der Waals surface area contributed by atoms with Crippen molar-refractivity contribution < 1.29 is 23.1 Å². The third-order valence-electron chi connectivity index (χ3n) is 5.56. The predicted octanol–water partition coefficient (Wildman–Crippen LogP) is 4.63. The van der Waals surface area contributed by atoms with E-state index in [9.17, 15) is 14.0 Å². The Bertz CT molecular complexity index is 940. The lowest BCUT2D eigenvalue weighted by atomic mass is 9.38. The number of Topliss-reactive ketones (excluding diaryl/α,β-unsaturated/α-hetero) is 1. The van der Waals surface area contributed by atoms with Crippen LogP contribution < -0.4 is 10.1 Å². The number of furan rings is 1. The Morgan fingerprint density at radius 3 is 2.72 bits per heavy atom. The Morgan fingerprint density at radius 1 is 1.28 bits per heavy atom. The lowest BCUT2D eigenvalue weighted by Gasteiger charge is -2.70. The van der Waals surface area contributed by atoms with Crippen LogP contribution in [-0.4, -0.2) is 30.1 Å². The number of hydrogen-bond acceptors (Lipinski definition) is 5. The molecule has 0 atom stereocenters. The van der Waals surface area contributed by atoms with E-state index in [-0.39, 0.29) is 40.0 Å². The van der Waals surface area contributed by atoms with E-state index in [1.54, 1.807) is 17.8 Å². The van der Waals surface area contributed by atoms with Crippen LogP contribution >= 0.6 is 23.4 Å². The molecule has 5 nitrogen and oxygen atoms in total. The molecule has 2 bridgehead atoms. The summed E-state index contributed by atoms with van der Waals surface area (Å²) in [6.45, 7) is -0.195. The molecular formula is C21H21ClFNO4S. The van der Waals surface area contributed by atoms with E-state index in [1.807, 2.05) is 12.3 Å². The van der Waals surface area contributed by atoms with Crippen LogP contribution in [0.15, 0.2) is 34.7 Å². The van der Waals surface area contributed by atoms with Crippen molar-refractivity contribution in [2.45, 2.75) is 37.0 Å². The van der Waals surface area contributed by atoms with Crippen LogP contribution in [0.4, 0.5) is 4.39 Å². The largest absolute Gasteiger partial charge is 0.484 e. The van der Waals surface area contributed by atoms with Crippen LogP contribution in [-0.2, 0) is 10.5 Å². The third kappa shape index (κ3) is 4.16. The van der Waals surface area contributed by atoms with Crippen LogP contribution in [0.5, 0.6) is 5.75 Å². The number of nitrogens with one attached hydrogen (secondary N) is 1. The normalized spacial score (nSPS) is 24.4. The molecule has 5 rings (SSSR count). The molecule has 1 aromatic heterocycles. The highest BCUT2D eigenvalue weighted by molar-refractivity contribution is 7.97. The van der Waals surface area contributed by atoms with E-state index in [2.05, 4.69) is 5.32 Å². The zero-order valence-electron chi connectivity index (χ0n) is 15.9. The molecule has 0 aliphatic heterocycles. The van der Waals surface area contributed by atoms with Gasteiger partial charge in [0.25, 0.3) is 5.91 Å². The first-order chi connectivity index (χ1) is 13.8. The van der Waals surface area contributed by atoms with E-state index in [1.165, 1.54) is 12.1 Å². The van der Waals surface area contributed by atoms with Gasteiger partial charge in [0.05, 0.1) is 10.8 Å². The maximum Gasteiger partial charge on any atom is 0.258 e. The van der Waals surface area contributed by atoms with Crippen molar-refractivity contribution in [1.82, 2.24) is 5.32 Å². The molecule has 3 aliphatic rings. The minimum absolute atomic E-state index is 0.00513. The Balaban J connectivity index is 1.22. The molecule has 154 valence electrons. The first-order valence-corrected chi connectivity index (χ1v) is 11.1. The first-order valence-electron chi connectivity index (χ1n) is 9.32. The molecular weight excluding hydrogens is 417 g/mol.